The van der Waals surface area contributed by atoms with E-state index >= 15 is 0 Å². The lowest BCUT2D eigenvalue weighted by atomic mass is 9.98. The fraction of sp³-hybridized carbons (Fsp3) is 0.259. The third-order valence-electron chi connectivity index (χ3n) is 5.89. The minimum absolute atomic E-state index is 0.213. The topological polar surface area (TPSA) is 55.1 Å². The number of rotatable bonds is 6. The number of aromatic nitrogens is 1. The number of nitrogens with one attached hydrogen (secondary N) is 1. The van der Waals surface area contributed by atoms with Gasteiger partial charge in [-0.05, 0) is 71.8 Å². The molecule has 3 aromatic carbocycles. The molecule has 0 fully saturated rings. The van der Waals surface area contributed by atoms with E-state index in [9.17, 15) is 4.79 Å². The van der Waals surface area contributed by atoms with Gasteiger partial charge in [0.1, 0.15) is 5.52 Å². The van der Waals surface area contributed by atoms with E-state index in [1.807, 2.05) is 36.4 Å². The molecule has 0 radical (unpaired) electrons. The second kappa shape index (κ2) is 9.17. The zero-order valence-corrected chi connectivity index (χ0v) is 19.5. The summed E-state index contributed by atoms with van der Waals surface area (Å²) in [4.78, 5) is 17.4. The number of carbonyl (C=O) groups excluding carboxylic acids is 1. The number of hydrogen-bond acceptors (Lipinski definition) is 3. The Hall–Kier alpha value is -3.11. The van der Waals surface area contributed by atoms with Crippen LogP contribution in [0.3, 0.4) is 0 Å². The molecule has 1 amide bonds. The molecule has 4 nitrogen and oxygen atoms in total. The maximum atomic E-state index is 12.8. The summed E-state index contributed by atoms with van der Waals surface area (Å²) >= 11 is 6.37. The lowest BCUT2D eigenvalue weighted by molar-refractivity contribution is 0.102. The number of halogens is 1. The highest BCUT2D eigenvalue weighted by atomic mass is 35.5. The fourth-order valence-electron chi connectivity index (χ4n) is 3.58. The van der Waals surface area contributed by atoms with Gasteiger partial charge in [0.25, 0.3) is 5.91 Å². The molecular weight excluding hydrogens is 420 g/mol. The van der Waals surface area contributed by atoms with Crippen LogP contribution in [0.2, 0.25) is 5.02 Å². The zero-order valence-electron chi connectivity index (χ0n) is 18.8. The molecule has 0 aliphatic heterocycles. The predicted octanol–water partition coefficient (Wildman–Crippen LogP) is 8.04. The highest BCUT2D eigenvalue weighted by Crippen LogP contribution is 2.32. The van der Waals surface area contributed by atoms with Crippen molar-refractivity contribution in [3.63, 3.8) is 0 Å². The van der Waals surface area contributed by atoms with Crippen LogP contribution in [0.4, 0.5) is 5.69 Å². The Morgan fingerprint density at radius 1 is 1.00 bits per heavy atom. The first-order valence-corrected chi connectivity index (χ1v) is 11.3. The first-order chi connectivity index (χ1) is 15.4. The van der Waals surface area contributed by atoms with Gasteiger partial charge in [-0.1, -0.05) is 57.5 Å². The molecule has 1 heterocycles. The second-order valence-corrected chi connectivity index (χ2v) is 8.89. The molecule has 0 saturated heterocycles. The number of fused-ring (bicyclic) bond motifs is 1. The molecule has 0 unspecified atom stereocenters. The van der Waals surface area contributed by atoms with Crippen molar-refractivity contribution in [2.75, 3.05) is 5.32 Å². The van der Waals surface area contributed by atoms with Crippen LogP contribution in [0.1, 0.15) is 67.4 Å². The molecule has 1 N–H and O–H groups in total. The van der Waals surface area contributed by atoms with Gasteiger partial charge < -0.3 is 9.73 Å². The summed E-state index contributed by atoms with van der Waals surface area (Å²) in [5.74, 6) is 1.16. The molecule has 0 saturated carbocycles. The average Bonchev–Trinajstić information content (AvgIpc) is 3.23. The van der Waals surface area contributed by atoms with Crippen molar-refractivity contribution in [2.45, 2.75) is 46.0 Å². The zero-order chi connectivity index (χ0) is 22.8. The van der Waals surface area contributed by atoms with Gasteiger partial charge in [-0.2, -0.15) is 0 Å². The largest absolute Gasteiger partial charge is 0.436 e. The van der Waals surface area contributed by atoms with Gasteiger partial charge in [0.15, 0.2) is 5.58 Å². The van der Waals surface area contributed by atoms with Gasteiger partial charge in [-0.15, -0.1) is 0 Å². The molecular formula is C27H27ClN2O2. The van der Waals surface area contributed by atoms with Crippen molar-refractivity contribution in [2.24, 2.45) is 0 Å². The Morgan fingerprint density at radius 2 is 1.72 bits per heavy atom. The first kappa shape index (κ1) is 22.1. The van der Waals surface area contributed by atoms with E-state index in [1.165, 1.54) is 11.1 Å². The van der Waals surface area contributed by atoms with E-state index in [0.29, 0.717) is 34.0 Å². The summed E-state index contributed by atoms with van der Waals surface area (Å²) in [6.07, 6.45) is 1.07. The molecule has 0 spiro atoms. The van der Waals surface area contributed by atoms with Crippen LogP contribution in [0.5, 0.6) is 0 Å². The van der Waals surface area contributed by atoms with Gasteiger partial charge in [0.05, 0.1) is 10.7 Å². The molecule has 4 aromatic rings. The molecule has 164 valence electrons. The van der Waals surface area contributed by atoms with Crippen LogP contribution in [-0.2, 0) is 0 Å². The van der Waals surface area contributed by atoms with E-state index in [1.54, 1.807) is 12.1 Å². The van der Waals surface area contributed by atoms with Crippen LogP contribution >= 0.6 is 11.6 Å². The van der Waals surface area contributed by atoms with Gasteiger partial charge >= 0.3 is 0 Å². The lowest BCUT2D eigenvalue weighted by Crippen LogP contribution is -2.12. The highest BCUT2D eigenvalue weighted by molar-refractivity contribution is 6.34. The monoisotopic (exact) mass is 446 g/mol. The van der Waals surface area contributed by atoms with Crippen molar-refractivity contribution in [3.8, 4) is 11.5 Å². The quantitative estimate of drug-likeness (QED) is 0.326. The van der Waals surface area contributed by atoms with E-state index in [2.05, 4.69) is 50.1 Å². The Labute approximate surface area is 193 Å². The maximum Gasteiger partial charge on any atom is 0.255 e. The van der Waals surface area contributed by atoms with Gasteiger partial charge in [-0.3, -0.25) is 4.79 Å². The SMILES string of the molecule is CC[C@@H](C)c1ccc2oc(-c3ccc(Cl)c(NC(=O)c4ccc(C(C)C)cc4)c3)nc2c1. The second-order valence-electron chi connectivity index (χ2n) is 8.48. The summed E-state index contributed by atoms with van der Waals surface area (Å²) in [5, 5.41) is 3.37. The number of oxazole rings is 1. The number of carbonyl (C=O) groups is 1. The van der Waals surface area contributed by atoms with Crippen molar-refractivity contribution in [3.05, 3.63) is 82.4 Å². The Balaban J connectivity index is 1.60. The smallest absolute Gasteiger partial charge is 0.255 e. The molecule has 4 rings (SSSR count). The number of benzene rings is 3. The normalized spacial score (nSPS) is 12.3. The maximum absolute atomic E-state index is 12.8. The highest BCUT2D eigenvalue weighted by Gasteiger charge is 2.14. The fourth-order valence-corrected chi connectivity index (χ4v) is 3.74. The molecule has 5 heteroatoms. The van der Waals surface area contributed by atoms with Crippen LogP contribution in [0.25, 0.3) is 22.6 Å². The lowest BCUT2D eigenvalue weighted by Gasteiger charge is -2.10. The molecule has 32 heavy (non-hydrogen) atoms. The van der Waals surface area contributed by atoms with E-state index < -0.39 is 0 Å². The van der Waals surface area contributed by atoms with E-state index in [0.717, 1.165) is 23.1 Å². The summed E-state index contributed by atoms with van der Waals surface area (Å²) in [7, 11) is 0. The summed E-state index contributed by atoms with van der Waals surface area (Å²) in [6, 6.07) is 19.1. The van der Waals surface area contributed by atoms with Crippen LogP contribution in [0.15, 0.2) is 65.1 Å². The van der Waals surface area contributed by atoms with Gasteiger partial charge in [-0.25, -0.2) is 4.98 Å². The Morgan fingerprint density at radius 3 is 2.41 bits per heavy atom. The van der Waals surface area contributed by atoms with Crippen LogP contribution < -0.4 is 5.32 Å². The standard InChI is InChI=1S/C27H27ClN2O2/c1-5-17(4)20-11-13-25-24(14-20)30-27(32-25)21-10-12-22(28)23(15-21)29-26(31)19-8-6-18(7-9-19)16(2)3/h6-17H,5H2,1-4H3,(H,29,31)/t17-/m1/s1. The van der Waals surface area contributed by atoms with Gasteiger partial charge in [0.2, 0.25) is 5.89 Å². The Kier molecular flexibility index (Phi) is 6.33. The van der Waals surface area contributed by atoms with Crippen LogP contribution in [-0.4, -0.2) is 10.9 Å². The van der Waals surface area contributed by atoms with Crippen molar-refractivity contribution in [1.82, 2.24) is 4.98 Å². The summed E-state index contributed by atoms with van der Waals surface area (Å²) < 4.78 is 5.98. The van der Waals surface area contributed by atoms with Gasteiger partial charge in [0, 0.05) is 11.1 Å². The van der Waals surface area contributed by atoms with Crippen molar-refractivity contribution < 1.29 is 9.21 Å². The number of amides is 1. The average molecular weight is 447 g/mol. The number of hydrogen-bond donors (Lipinski definition) is 1. The molecule has 1 atom stereocenters. The van der Waals surface area contributed by atoms with Crippen molar-refractivity contribution >= 4 is 34.3 Å². The summed E-state index contributed by atoms with van der Waals surface area (Å²) in [5.41, 5.74) is 5.84. The molecule has 0 aliphatic carbocycles. The van der Waals surface area contributed by atoms with Crippen molar-refractivity contribution in [1.29, 1.82) is 0 Å². The minimum atomic E-state index is -0.213. The van der Waals surface area contributed by atoms with Crippen LogP contribution in [0, 0.1) is 0 Å². The number of nitrogens with zero attached hydrogens (tertiary/aromatic N) is 1. The predicted molar refractivity (Wildman–Crippen MR) is 132 cm³/mol. The molecule has 1 aromatic heterocycles. The molecule has 0 aliphatic rings. The Bertz CT molecular complexity index is 1260. The minimum Gasteiger partial charge on any atom is -0.436 e. The first-order valence-electron chi connectivity index (χ1n) is 11.0. The van der Waals surface area contributed by atoms with E-state index in [-0.39, 0.29) is 5.91 Å². The third-order valence-corrected chi connectivity index (χ3v) is 6.22. The molecule has 0 bridgehead atoms. The summed E-state index contributed by atoms with van der Waals surface area (Å²) in [6.45, 7) is 8.62. The number of anilines is 1. The van der Waals surface area contributed by atoms with E-state index in [4.69, 9.17) is 16.0 Å². The third kappa shape index (κ3) is 4.56.